The Morgan fingerprint density at radius 2 is 1.94 bits per heavy atom. The third-order valence-corrected chi connectivity index (χ3v) is 2.99. The van der Waals surface area contributed by atoms with E-state index < -0.39 is 0 Å². The maximum Gasteiger partial charge on any atom is 0.130 e. The first-order chi connectivity index (χ1) is 7.56. The van der Waals surface area contributed by atoms with Crippen LogP contribution in [0, 0.1) is 19.7 Å². The Kier molecular flexibility index (Phi) is 2.54. The van der Waals surface area contributed by atoms with E-state index in [0.717, 1.165) is 17.7 Å². The maximum absolute atomic E-state index is 13.4. The third kappa shape index (κ3) is 1.43. The van der Waals surface area contributed by atoms with Gasteiger partial charge in [0.05, 0.1) is 5.52 Å². The molecule has 0 unspecified atom stereocenters. The molecule has 3 heteroatoms. The first-order valence-corrected chi connectivity index (χ1v) is 5.33. The SMILES string of the molecule is CCc1nc2ccc(F)c(C)c2c(O)c1C. The highest BCUT2D eigenvalue weighted by Crippen LogP contribution is 2.32. The summed E-state index contributed by atoms with van der Waals surface area (Å²) in [4.78, 5) is 4.43. The molecule has 16 heavy (non-hydrogen) atoms. The van der Waals surface area contributed by atoms with Gasteiger partial charge in [-0.25, -0.2) is 4.39 Å². The Morgan fingerprint density at radius 1 is 1.25 bits per heavy atom. The smallest absolute Gasteiger partial charge is 0.130 e. The van der Waals surface area contributed by atoms with Crippen molar-refractivity contribution >= 4 is 10.9 Å². The highest BCUT2D eigenvalue weighted by molar-refractivity contribution is 5.89. The highest BCUT2D eigenvalue weighted by atomic mass is 19.1. The van der Waals surface area contributed by atoms with Crippen molar-refractivity contribution in [2.24, 2.45) is 0 Å². The number of benzene rings is 1. The number of fused-ring (bicyclic) bond motifs is 1. The topological polar surface area (TPSA) is 33.1 Å². The van der Waals surface area contributed by atoms with Crippen molar-refractivity contribution in [2.45, 2.75) is 27.2 Å². The quantitative estimate of drug-likeness (QED) is 0.798. The van der Waals surface area contributed by atoms with Crippen molar-refractivity contribution < 1.29 is 9.50 Å². The summed E-state index contributed by atoms with van der Waals surface area (Å²) >= 11 is 0. The predicted molar refractivity (Wildman–Crippen MR) is 62.2 cm³/mol. The van der Waals surface area contributed by atoms with Gasteiger partial charge >= 0.3 is 0 Å². The maximum atomic E-state index is 13.4. The van der Waals surface area contributed by atoms with Gasteiger partial charge in [0.1, 0.15) is 11.6 Å². The van der Waals surface area contributed by atoms with Crippen molar-refractivity contribution in [1.82, 2.24) is 4.98 Å². The molecule has 0 aliphatic carbocycles. The average molecular weight is 219 g/mol. The molecule has 1 N–H and O–H groups in total. The van der Waals surface area contributed by atoms with Crippen LogP contribution in [0.4, 0.5) is 4.39 Å². The summed E-state index contributed by atoms with van der Waals surface area (Å²) in [5, 5.41) is 10.6. The lowest BCUT2D eigenvalue weighted by Gasteiger charge is -2.11. The molecule has 0 amide bonds. The minimum atomic E-state index is -0.312. The van der Waals surface area contributed by atoms with Crippen LogP contribution in [-0.2, 0) is 6.42 Å². The third-order valence-electron chi connectivity index (χ3n) is 2.99. The molecule has 0 radical (unpaired) electrons. The van der Waals surface area contributed by atoms with Gasteiger partial charge in [-0.2, -0.15) is 0 Å². The number of pyridine rings is 1. The summed E-state index contributed by atoms with van der Waals surface area (Å²) in [6, 6.07) is 2.99. The molecule has 0 aliphatic heterocycles. The average Bonchev–Trinajstić information content (AvgIpc) is 2.28. The molecule has 1 heterocycles. The van der Waals surface area contributed by atoms with Crippen LogP contribution in [0.3, 0.4) is 0 Å². The summed E-state index contributed by atoms with van der Waals surface area (Å²) in [5.74, 6) is -0.160. The Balaban J connectivity index is 2.93. The zero-order valence-electron chi connectivity index (χ0n) is 9.63. The van der Waals surface area contributed by atoms with Gasteiger partial charge in [0.2, 0.25) is 0 Å². The standard InChI is InChI=1S/C13H14FNO/c1-4-10-8(3)13(16)12-7(2)9(14)5-6-11(12)15-10/h5-6H,4H2,1-3H3,(H,15,16). The van der Waals surface area contributed by atoms with Crippen LogP contribution in [0.1, 0.15) is 23.7 Å². The van der Waals surface area contributed by atoms with Crippen LogP contribution in [0.5, 0.6) is 5.75 Å². The molecule has 84 valence electrons. The lowest BCUT2D eigenvalue weighted by Crippen LogP contribution is -1.96. The van der Waals surface area contributed by atoms with E-state index in [1.807, 2.05) is 13.8 Å². The first-order valence-electron chi connectivity index (χ1n) is 5.33. The fourth-order valence-corrected chi connectivity index (χ4v) is 1.96. The molecule has 2 aromatic rings. The van der Waals surface area contributed by atoms with Crippen LogP contribution in [0.15, 0.2) is 12.1 Å². The summed E-state index contributed by atoms with van der Waals surface area (Å²) in [6.07, 6.45) is 0.756. The monoisotopic (exact) mass is 219 g/mol. The number of hydrogen-bond acceptors (Lipinski definition) is 2. The molecule has 0 fully saturated rings. The van der Waals surface area contributed by atoms with Gasteiger partial charge in [0.15, 0.2) is 0 Å². The van der Waals surface area contributed by atoms with Gasteiger partial charge < -0.3 is 5.11 Å². The van der Waals surface area contributed by atoms with E-state index in [9.17, 15) is 9.50 Å². The molecule has 2 rings (SSSR count). The molecule has 0 aliphatic rings. The second kappa shape index (κ2) is 3.74. The first kappa shape index (κ1) is 10.9. The Morgan fingerprint density at radius 3 is 2.56 bits per heavy atom. The van der Waals surface area contributed by atoms with Crippen LogP contribution < -0.4 is 0 Å². The minimum absolute atomic E-state index is 0.152. The number of hydrogen-bond donors (Lipinski definition) is 1. The Labute approximate surface area is 93.8 Å². The highest BCUT2D eigenvalue weighted by Gasteiger charge is 2.13. The lowest BCUT2D eigenvalue weighted by atomic mass is 10.0. The van der Waals surface area contributed by atoms with E-state index in [1.165, 1.54) is 6.07 Å². The Bertz CT molecular complexity index is 564. The minimum Gasteiger partial charge on any atom is -0.507 e. The van der Waals surface area contributed by atoms with Gasteiger partial charge in [-0.1, -0.05) is 6.92 Å². The summed E-state index contributed by atoms with van der Waals surface area (Å²) < 4.78 is 13.4. The second-order valence-corrected chi connectivity index (χ2v) is 3.95. The fraction of sp³-hybridized carbons (Fsp3) is 0.308. The van der Waals surface area contributed by atoms with Crippen molar-refractivity contribution in [3.63, 3.8) is 0 Å². The Hall–Kier alpha value is -1.64. The number of rotatable bonds is 1. The molecular weight excluding hydrogens is 205 g/mol. The van der Waals surface area contributed by atoms with Crippen LogP contribution >= 0.6 is 0 Å². The van der Waals surface area contributed by atoms with Gasteiger partial charge in [-0.3, -0.25) is 4.98 Å². The van der Waals surface area contributed by atoms with E-state index in [4.69, 9.17) is 0 Å². The van der Waals surface area contributed by atoms with Crippen LogP contribution in [0.25, 0.3) is 10.9 Å². The van der Waals surface area contributed by atoms with E-state index >= 15 is 0 Å². The number of aryl methyl sites for hydroxylation is 2. The van der Waals surface area contributed by atoms with Crippen molar-refractivity contribution in [3.8, 4) is 5.75 Å². The second-order valence-electron chi connectivity index (χ2n) is 3.95. The summed E-state index contributed by atoms with van der Waals surface area (Å²) in [7, 11) is 0. The number of halogens is 1. The van der Waals surface area contributed by atoms with Crippen LogP contribution in [0.2, 0.25) is 0 Å². The van der Waals surface area contributed by atoms with E-state index in [2.05, 4.69) is 4.98 Å². The van der Waals surface area contributed by atoms with Crippen LogP contribution in [-0.4, -0.2) is 10.1 Å². The molecule has 1 aromatic carbocycles. The van der Waals surface area contributed by atoms with Crippen molar-refractivity contribution in [1.29, 1.82) is 0 Å². The molecule has 0 saturated heterocycles. The molecule has 1 aromatic heterocycles. The van der Waals surface area contributed by atoms with Crippen molar-refractivity contribution in [3.05, 3.63) is 34.8 Å². The van der Waals surface area contributed by atoms with Crippen molar-refractivity contribution in [2.75, 3.05) is 0 Å². The number of aromatic hydroxyl groups is 1. The summed E-state index contributed by atoms with van der Waals surface area (Å²) in [6.45, 7) is 5.45. The molecular formula is C13H14FNO. The van der Waals surface area contributed by atoms with E-state index in [-0.39, 0.29) is 11.6 Å². The molecule has 0 spiro atoms. The lowest BCUT2D eigenvalue weighted by molar-refractivity contribution is 0.475. The van der Waals surface area contributed by atoms with Gasteiger partial charge in [-0.15, -0.1) is 0 Å². The summed E-state index contributed by atoms with van der Waals surface area (Å²) in [5.41, 5.74) is 2.70. The normalized spacial score (nSPS) is 11.0. The molecule has 2 nitrogen and oxygen atoms in total. The van der Waals surface area contributed by atoms with E-state index in [1.54, 1.807) is 13.0 Å². The van der Waals surface area contributed by atoms with Gasteiger partial charge in [0, 0.05) is 16.6 Å². The van der Waals surface area contributed by atoms with Gasteiger partial charge in [0.25, 0.3) is 0 Å². The molecule has 0 atom stereocenters. The zero-order valence-corrected chi connectivity index (χ0v) is 9.63. The largest absolute Gasteiger partial charge is 0.507 e. The zero-order chi connectivity index (χ0) is 11.9. The van der Waals surface area contributed by atoms with Gasteiger partial charge in [-0.05, 0) is 38.0 Å². The number of nitrogens with zero attached hydrogens (tertiary/aromatic N) is 1. The molecule has 0 saturated carbocycles. The van der Waals surface area contributed by atoms with E-state index in [0.29, 0.717) is 16.5 Å². The number of aromatic nitrogens is 1. The molecule has 0 bridgehead atoms. The predicted octanol–water partition coefficient (Wildman–Crippen LogP) is 3.26. The fourth-order valence-electron chi connectivity index (χ4n) is 1.96.